The Balaban J connectivity index is 1.79. The maximum absolute atomic E-state index is 12.8. The number of thioether (sulfide) groups is 1. The van der Waals surface area contributed by atoms with E-state index in [4.69, 9.17) is 16.0 Å². The summed E-state index contributed by atoms with van der Waals surface area (Å²) in [6.07, 6.45) is 1.54. The summed E-state index contributed by atoms with van der Waals surface area (Å²) in [6.45, 7) is 1.80. The van der Waals surface area contributed by atoms with E-state index in [-0.39, 0.29) is 28.4 Å². The number of hydrazine groups is 1. The third kappa shape index (κ3) is 3.44. The van der Waals surface area contributed by atoms with Gasteiger partial charge < -0.3 is 4.42 Å². The van der Waals surface area contributed by atoms with E-state index in [0.29, 0.717) is 16.3 Å². The Morgan fingerprint density at radius 1 is 1.27 bits per heavy atom. The fraction of sp³-hybridized carbons (Fsp3) is 0.200. The van der Waals surface area contributed by atoms with Crippen LogP contribution in [0.25, 0.3) is 11.3 Å². The van der Waals surface area contributed by atoms with Crippen molar-refractivity contribution in [2.75, 3.05) is 5.43 Å². The normalized spacial score (nSPS) is 18.5. The number of benzene rings is 1. The molecule has 1 amide bonds. The van der Waals surface area contributed by atoms with E-state index in [2.05, 4.69) is 10.4 Å². The zero-order valence-corrected chi connectivity index (χ0v) is 17.6. The van der Waals surface area contributed by atoms with E-state index < -0.39 is 10.9 Å². The molecule has 152 valence electrons. The van der Waals surface area contributed by atoms with E-state index >= 15 is 0 Å². The molecule has 0 radical (unpaired) electrons. The Kier molecular flexibility index (Phi) is 5.28. The maximum Gasteiger partial charge on any atom is 0.273 e. The third-order valence-corrected chi connectivity index (χ3v) is 6.24. The van der Waals surface area contributed by atoms with Gasteiger partial charge in [0, 0.05) is 17.6 Å². The average molecular weight is 442 g/mol. The fourth-order valence-corrected chi connectivity index (χ4v) is 4.38. The van der Waals surface area contributed by atoms with Crippen molar-refractivity contribution >= 4 is 35.2 Å². The zero-order chi connectivity index (χ0) is 21.4. The summed E-state index contributed by atoms with van der Waals surface area (Å²) in [4.78, 5) is 30.1. The number of furan rings is 1. The largest absolute Gasteiger partial charge is 0.466 e. The number of anilines is 1. The first-order valence-corrected chi connectivity index (χ1v) is 10.3. The molecule has 1 saturated heterocycles. The lowest BCUT2D eigenvalue weighted by Crippen LogP contribution is -2.38. The summed E-state index contributed by atoms with van der Waals surface area (Å²) in [5, 5.41) is 10.7. The number of carbonyl (C=O) groups excluding carboxylic acids is 1. The molecular formula is C20H16ClN5O3S. The highest BCUT2D eigenvalue weighted by Crippen LogP contribution is 2.42. The minimum absolute atomic E-state index is 0.0940. The molecule has 3 aromatic rings. The number of carbonyl (C=O) groups is 1. The predicted octanol–water partition coefficient (Wildman–Crippen LogP) is 3.55. The van der Waals surface area contributed by atoms with Gasteiger partial charge in [-0.05, 0) is 31.2 Å². The molecule has 1 N–H and O–H groups in total. The van der Waals surface area contributed by atoms with Gasteiger partial charge in [0.1, 0.15) is 17.4 Å². The molecule has 1 fully saturated rings. The molecule has 2 unspecified atom stereocenters. The van der Waals surface area contributed by atoms with Gasteiger partial charge in [-0.25, -0.2) is 9.99 Å². The molecule has 30 heavy (non-hydrogen) atoms. The molecule has 0 saturated carbocycles. The number of nitriles is 1. The molecule has 1 aliphatic rings. The number of nitrogens with zero attached hydrogens (tertiary/aromatic N) is 4. The summed E-state index contributed by atoms with van der Waals surface area (Å²) in [5.74, 6) is 0.554. The molecule has 1 aliphatic heterocycles. The first kappa shape index (κ1) is 20.1. The highest BCUT2D eigenvalue weighted by Gasteiger charge is 2.41. The van der Waals surface area contributed by atoms with Crippen LogP contribution in [-0.4, -0.2) is 25.7 Å². The van der Waals surface area contributed by atoms with Gasteiger partial charge in [-0.2, -0.15) is 5.26 Å². The van der Waals surface area contributed by atoms with Gasteiger partial charge in [-0.15, -0.1) is 11.8 Å². The molecule has 1 aromatic carbocycles. The van der Waals surface area contributed by atoms with Crippen molar-refractivity contribution in [3.8, 4) is 17.3 Å². The second-order valence-corrected chi connectivity index (χ2v) is 8.47. The Morgan fingerprint density at radius 2 is 2.00 bits per heavy atom. The van der Waals surface area contributed by atoms with Crippen molar-refractivity contribution in [1.29, 1.82) is 5.26 Å². The molecule has 3 heterocycles. The lowest BCUT2D eigenvalue weighted by molar-refractivity contribution is -0.128. The molecular weight excluding hydrogens is 426 g/mol. The van der Waals surface area contributed by atoms with Crippen molar-refractivity contribution in [1.82, 2.24) is 14.6 Å². The molecule has 2 aromatic heterocycles. The summed E-state index contributed by atoms with van der Waals surface area (Å²) < 4.78 is 6.68. The van der Waals surface area contributed by atoms with E-state index in [9.17, 15) is 14.9 Å². The standard InChI is InChI=1S/C20H16ClN5O3S/c1-11-17(27)26(19(30-11)15-4-3-9-29-15)24-20-23-16(12-5-7-13(21)8-6-12)14(10-22)18(28)25(20)2/h3-9,11,19H,1-2H3,(H,23,24). The van der Waals surface area contributed by atoms with Crippen LogP contribution in [0.3, 0.4) is 0 Å². The highest BCUT2D eigenvalue weighted by molar-refractivity contribution is 8.01. The van der Waals surface area contributed by atoms with Crippen LogP contribution in [0.1, 0.15) is 23.6 Å². The molecule has 8 nitrogen and oxygen atoms in total. The lowest BCUT2D eigenvalue weighted by Gasteiger charge is -2.24. The van der Waals surface area contributed by atoms with Gasteiger partial charge in [0.15, 0.2) is 5.37 Å². The minimum atomic E-state index is -0.526. The summed E-state index contributed by atoms with van der Waals surface area (Å²) >= 11 is 7.37. The van der Waals surface area contributed by atoms with Crippen LogP contribution in [0.2, 0.25) is 5.02 Å². The molecule has 2 atom stereocenters. The second-order valence-electron chi connectivity index (χ2n) is 6.61. The van der Waals surface area contributed by atoms with Crippen LogP contribution >= 0.6 is 23.4 Å². The minimum Gasteiger partial charge on any atom is -0.466 e. The Morgan fingerprint density at radius 3 is 2.63 bits per heavy atom. The van der Waals surface area contributed by atoms with Crippen LogP contribution in [-0.2, 0) is 11.8 Å². The van der Waals surface area contributed by atoms with Crippen molar-refractivity contribution in [3.63, 3.8) is 0 Å². The summed E-state index contributed by atoms with van der Waals surface area (Å²) in [5.41, 5.74) is 3.12. The smallest absolute Gasteiger partial charge is 0.273 e. The van der Waals surface area contributed by atoms with Crippen LogP contribution in [0.5, 0.6) is 0 Å². The zero-order valence-electron chi connectivity index (χ0n) is 16.0. The summed E-state index contributed by atoms with van der Waals surface area (Å²) in [6, 6.07) is 12.1. The Labute approximate surface area is 181 Å². The molecule has 0 aliphatic carbocycles. The Bertz CT molecular complexity index is 1200. The number of rotatable bonds is 4. The summed E-state index contributed by atoms with van der Waals surface area (Å²) in [7, 11) is 1.49. The maximum atomic E-state index is 12.8. The monoisotopic (exact) mass is 441 g/mol. The van der Waals surface area contributed by atoms with Crippen LogP contribution < -0.4 is 11.0 Å². The molecule has 4 rings (SSSR count). The molecule has 10 heteroatoms. The number of amides is 1. The average Bonchev–Trinajstić information content (AvgIpc) is 3.36. The Hall–Kier alpha value is -3.22. The van der Waals surface area contributed by atoms with E-state index in [0.717, 1.165) is 0 Å². The predicted molar refractivity (Wildman–Crippen MR) is 114 cm³/mol. The van der Waals surface area contributed by atoms with Gasteiger partial charge in [0.05, 0.1) is 17.2 Å². The van der Waals surface area contributed by atoms with Gasteiger partial charge in [0.25, 0.3) is 11.5 Å². The van der Waals surface area contributed by atoms with Crippen LogP contribution in [0.4, 0.5) is 5.95 Å². The third-order valence-electron chi connectivity index (χ3n) is 4.68. The highest BCUT2D eigenvalue weighted by atomic mass is 35.5. The number of halogens is 1. The quantitative estimate of drug-likeness (QED) is 0.660. The SMILES string of the molecule is CC1SC(c2ccco2)N(Nc2nc(-c3ccc(Cl)cc3)c(C#N)c(=O)n2C)C1=O. The first-order valence-electron chi connectivity index (χ1n) is 8.96. The van der Waals surface area contributed by atoms with Crippen molar-refractivity contribution in [3.05, 3.63) is 69.4 Å². The second kappa shape index (κ2) is 7.89. The van der Waals surface area contributed by atoms with Gasteiger partial charge in [0.2, 0.25) is 5.95 Å². The van der Waals surface area contributed by atoms with Crippen molar-refractivity contribution in [2.24, 2.45) is 7.05 Å². The number of nitrogens with one attached hydrogen (secondary N) is 1. The molecule has 0 bridgehead atoms. The van der Waals surface area contributed by atoms with E-state index in [1.807, 2.05) is 6.07 Å². The number of aromatic nitrogens is 2. The topological polar surface area (TPSA) is 104 Å². The number of hydrogen-bond donors (Lipinski definition) is 1. The first-order chi connectivity index (χ1) is 14.4. The number of hydrogen-bond acceptors (Lipinski definition) is 7. The molecule has 0 spiro atoms. The van der Waals surface area contributed by atoms with Gasteiger partial charge in [-0.1, -0.05) is 23.7 Å². The lowest BCUT2D eigenvalue weighted by atomic mass is 10.1. The van der Waals surface area contributed by atoms with Crippen molar-refractivity contribution < 1.29 is 9.21 Å². The fourth-order valence-electron chi connectivity index (χ4n) is 3.09. The van der Waals surface area contributed by atoms with Crippen LogP contribution in [0, 0.1) is 11.3 Å². The van der Waals surface area contributed by atoms with Crippen molar-refractivity contribution in [2.45, 2.75) is 17.5 Å². The van der Waals surface area contributed by atoms with E-state index in [1.54, 1.807) is 43.3 Å². The van der Waals surface area contributed by atoms with Crippen LogP contribution in [0.15, 0.2) is 51.9 Å². The van der Waals surface area contributed by atoms with Gasteiger partial charge >= 0.3 is 0 Å². The van der Waals surface area contributed by atoms with Gasteiger partial charge in [-0.3, -0.25) is 19.6 Å². The van der Waals surface area contributed by atoms with E-state index in [1.165, 1.54) is 34.6 Å².